The van der Waals surface area contributed by atoms with Crippen molar-refractivity contribution in [2.45, 2.75) is 125 Å². The first-order valence-corrected chi connectivity index (χ1v) is 13.8. The molecule has 4 saturated carbocycles. The van der Waals surface area contributed by atoms with Crippen molar-refractivity contribution in [2.24, 2.45) is 50.2 Å². The lowest BCUT2D eigenvalue weighted by Gasteiger charge is -2.72. The third kappa shape index (κ3) is 2.85. The molecule has 3 heteroatoms. The van der Waals surface area contributed by atoms with Crippen molar-refractivity contribution in [3.05, 3.63) is 11.6 Å². The van der Waals surface area contributed by atoms with Crippen LogP contribution in [0.1, 0.15) is 113 Å². The third-order valence-corrected chi connectivity index (χ3v) is 13.2. The number of hydrogen-bond donors (Lipinski definition) is 3. The molecule has 8 atom stereocenters. The van der Waals surface area contributed by atoms with Gasteiger partial charge in [0.15, 0.2) is 5.79 Å². The summed E-state index contributed by atoms with van der Waals surface area (Å²) in [5.41, 5.74) is 2.19. The van der Waals surface area contributed by atoms with E-state index in [9.17, 15) is 15.3 Å². The topological polar surface area (TPSA) is 60.7 Å². The highest BCUT2D eigenvalue weighted by Crippen LogP contribution is 2.76. The van der Waals surface area contributed by atoms with Crippen molar-refractivity contribution in [3.8, 4) is 0 Å². The Labute approximate surface area is 202 Å². The maximum atomic E-state index is 11.0. The standard InChI is InChI=1S/C30H50O3/c1-24(2)13-14-26(5)15-16-28(7)19(20(26)17-24)9-10-22-27(6)18-23(31)30(32,33)25(3,4)21(27)11-12-29(22,28)8/h9,20-23,31-33H,10-18H2,1-8H3/t20-,21?,22-,23?,26-,27+,28-,29-/m1/s1. The van der Waals surface area contributed by atoms with Crippen molar-refractivity contribution < 1.29 is 15.3 Å². The Hall–Kier alpha value is -0.380. The zero-order valence-electron chi connectivity index (χ0n) is 22.6. The molecule has 0 aromatic rings. The minimum atomic E-state index is -2.02. The van der Waals surface area contributed by atoms with Crippen LogP contribution in [0.15, 0.2) is 11.6 Å². The van der Waals surface area contributed by atoms with Crippen molar-refractivity contribution in [3.63, 3.8) is 0 Å². The molecule has 0 aromatic carbocycles. The van der Waals surface area contributed by atoms with Crippen LogP contribution in [-0.4, -0.2) is 27.2 Å². The van der Waals surface area contributed by atoms with Crippen LogP contribution < -0.4 is 0 Å². The Morgan fingerprint density at radius 1 is 0.788 bits per heavy atom. The molecule has 0 saturated heterocycles. The van der Waals surface area contributed by atoms with E-state index < -0.39 is 17.3 Å². The summed E-state index contributed by atoms with van der Waals surface area (Å²) < 4.78 is 0. The molecule has 0 aliphatic heterocycles. The van der Waals surface area contributed by atoms with Crippen molar-refractivity contribution in [1.82, 2.24) is 0 Å². The molecule has 0 bridgehead atoms. The number of aliphatic hydroxyl groups is 3. The molecular weight excluding hydrogens is 408 g/mol. The van der Waals surface area contributed by atoms with E-state index in [2.05, 4.69) is 47.6 Å². The molecule has 4 fully saturated rings. The molecule has 188 valence electrons. The van der Waals surface area contributed by atoms with Crippen LogP contribution in [0.4, 0.5) is 0 Å². The van der Waals surface area contributed by atoms with E-state index in [1.54, 1.807) is 5.57 Å². The minimum absolute atomic E-state index is 0.0947. The lowest BCUT2D eigenvalue weighted by Crippen LogP contribution is -2.70. The summed E-state index contributed by atoms with van der Waals surface area (Å²) in [5.74, 6) is -0.671. The molecule has 5 aliphatic rings. The van der Waals surface area contributed by atoms with E-state index in [4.69, 9.17) is 0 Å². The third-order valence-electron chi connectivity index (χ3n) is 13.2. The molecule has 3 N–H and O–H groups in total. The quantitative estimate of drug-likeness (QED) is 0.288. The second-order valence-electron chi connectivity index (χ2n) is 15.5. The zero-order chi connectivity index (χ0) is 24.5. The Morgan fingerprint density at radius 2 is 1.42 bits per heavy atom. The SMILES string of the molecule is CC1(C)CC[C@]2(C)CC[C@]3(C)C(=CC[C@@H]4[C@@]5(C)CC(O)C(O)(O)C(C)(C)C5CC[C@]43C)[C@H]2C1. The Bertz CT molecular complexity index is 870. The van der Waals surface area contributed by atoms with E-state index in [0.29, 0.717) is 29.1 Å². The van der Waals surface area contributed by atoms with E-state index in [1.165, 1.54) is 32.1 Å². The smallest absolute Gasteiger partial charge is 0.194 e. The van der Waals surface area contributed by atoms with Crippen molar-refractivity contribution >= 4 is 0 Å². The van der Waals surface area contributed by atoms with Crippen molar-refractivity contribution in [1.29, 1.82) is 0 Å². The van der Waals surface area contributed by atoms with Crippen LogP contribution in [0.25, 0.3) is 0 Å². The van der Waals surface area contributed by atoms with Crippen LogP contribution in [0.5, 0.6) is 0 Å². The van der Waals surface area contributed by atoms with Gasteiger partial charge in [0.25, 0.3) is 0 Å². The van der Waals surface area contributed by atoms with Gasteiger partial charge in [-0.2, -0.15) is 0 Å². The summed E-state index contributed by atoms with van der Waals surface area (Å²) in [7, 11) is 0. The highest BCUT2D eigenvalue weighted by atomic mass is 16.5. The zero-order valence-corrected chi connectivity index (χ0v) is 22.6. The monoisotopic (exact) mass is 458 g/mol. The summed E-state index contributed by atoms with van der Waals surface area (Å²) in [6.07, 6.45) is 11.9. The van der Waals surface area contributed by atoms with Gasteiger partial charge in [-0.3, -0.25) is 0 Å². The van der Waals surface area contributed by atoms with Gasteiger partial charge in [-0.15, -0.1) is 0 Å². The maximum absolute atomic E-state index is 11.0. The Morgan fingerprint density at radius 3 is 2.09 bits per heavy atom. The first-order valence-electron chi connectivity index (χ1n) is 13.8. The predicted molar refractivity (Wildman–Crippen MR) is 133 cm³/mol. The average molecular weight is 459 g/mol. The molecule has 33 heavy (non-hydrogen) atoms. The molecule has 5 aliphatic carbocycles. The molecule has 0 aromatic heterocycles. The van der Waals surface area contributed by atoms with Gasteiger partial charge in [-0.05, 0) is 103 Å². The number of fused-ring (bicyclic) bond motifs is 7. The number of allylic oxidation sites excluding steroid dienone is 2. The first-order chi connectivity index (χ1) is 14.9. The fraction of sp³-hybridized carbons (Fsp3) is 0.933. The predicted octanol–water partition coefficient (Wildman–Crippen LogP) is 6.46. The lowest BCUT2D eigenvalue weighted by molar-refractivity contribution is -0.351. The summed E-state index contributed by atoms with van der Waals surface area (Å²) in [5, 5.41) is 32.8. The fourth-order valence-corrected chi connectivity index (χ4v) is 10.6. The van der Waals surface area contributed by atoms with Gasteiger partial charge in [-0.25, -0.2) is 0 Å². The van der Waals surface area contributed by atoms with E-state index in [-0.39, 0.29) is 22.2 Å². The van der Waals surface area contributed by atoms with Crippen LogP contribution in [0.3, 0.4) is 0 Å². The first kappa shape index (κ1) is 24.3. The van der Waals surface area contributed by atoms with Gasteiger partial charge in [0, 0.05) is 5.41 Å². The van der Waals surface area contributed by atoms with E-state index in [0.717, 1.165) is 19.3 Å². The number of hydrogen-bond acceptors (Lipinski definition) is 3. The average Bonchev–Trinajstić information content (AvgIpc) is 2.68. The second-order valence-corrected chi connectivity index (χ2v) is 15.5. The highest BCUT2D eigenvalue weighted by molar-refractivity contribution is 5.33. The molecule has 0 heterocycles. The number of rotatable bonds is 0. The molecular formula is C30H50O3. The van der Waals surface area contributed by atoms with Gasteiger partial charge in [0.05, 0.1) is 0 Å². The van der Waals surface area contributed by atoms with Gasteiger partial charge < -0.3 is 15.3 Å². The second kappa shape index (κ2) is 6.68. The van der Waals surface area contributed by atoms with E-state index >= 15 is 0 Å². The lowest BCUT2D eigenvalue weighted by atomic mass is 9.33. The van der Waals surface area contributed by atoms with Gasteiger partial charge >= 0.3 is 0 Å². The molecule has 5 rings (SSSR count). The van der Waals surface area contributed by atoms with Crippen molar-refractivity contribution in [2.75, 3.05) is 0 Å². The summed E-state index contributed by atoms with van der Waals surface area (Å²) in [6.45, 7) is 19.0. The highest BCUT2D eigenvalue weighted by Gasteiger charge is 2.71. The largest absolute Gasteiger partial charge is 0.387 e. The van der Waals surface area contributed by atoms with Crippen LogP contribution in [-0.2, 0) is 0 Å². The molecule has 2 unspecified atom stereocenters. The Balaban J connectivity index is 1.59. The molecule has 3 nitrogen and oxygen atoms in total. The summed E-state index contributed by atoms with van der Waals surface area (Å²) in [4.78, 5) is 0. The van der Waals surface area contributed by atoms with Crippen LogP contribution >= 0.6 is 0 Å². The van der Waals surface area contributed by atoms with Gasteiger partial charge in [0.1, 0.15) is 6.10 Å². The summed E-state index contributed by atoms with van der Waals surface area (Å²) in [6, 6.07) is 0. The van der Waals surface area contributed by atoms with Gasteiger partial charge in [-0.1, -0.05) is 67.0 Å². The normalized spacial score (nSPS) is 54.2. The van der Waals surface area contributed by atoms with E-state index in [1.807, 2.05) is 13.8 Å². The minimum Gasteiger partial charge on any atom is -0.387 e. The fourth-order valence-electron chi connectivity index (χ4n) is 10.6. The molecule has 0 spiro atoms. The molecule has 0 amide bonds. The number of aliphatic hydroxyl groups excluding tert-OH is 1. The molecule has 0 radical (unpaired) electrons. The maximum Gasteiger partial charge on any atom is 0.194 e. The van der Waals surface area contributed by atoms with Crippen LogP contribution in [0, 0.1) is 50.2 Å². The summed E-state index contributed by atoms with van der Waals surface area (Å²) >= 11 is 0. The Kier molecular flexibility index (Phi) is 4.92. The van der Waals surface area contributed by atoms with Gasteiger partial charge in [0.2, 0.25) is 0 Å². The van der Waals surface area contributed by atoms with Crippen LogP contribution in [0.2, 0.25) is 0 Å².